The van der Waals surface area contributed by atoms with Gasteiger partial charge in [-0.25, -0.2) is 4.98 Å². The lowest BCUT2D eigenvalue weighted by Gasteiger charge is -2.19. The van der Waals surface area contributed by atoms with Gasteiger partial charge in [-0.05, 0) is 25.5 Å². The van der Waals surface area contributed by atoms with Crippen LogP contribution in [0.2, 0.25) is 5.15 Å². The van der Waals surface area contributed by atoms with Crippen molar-refractivity contribution in [2.75, 3.05) is 18.5 Å². The summed E-state index contributed by atoms with van der Waals surface area (Å²) in [7, 11) is 0. The van der Waals surface area contributed by atoms with Crippen LogP contribution in [-0.2, 0) is 4.74 Å². The van der Waals surface area contributed by atoms with E-state index in [4.69, 9.17) is 16.3 Å². The zero-order chi connectivity index (χ0) is 10.7. The Hall–Kier alpha value is -0.800. The summed E-state index contributed by atoms with van der Waals surface area (Å²) in [5.74, 6) is 1.41. The second-order valence-corrected chi connectivity index (χ2v) is 4.29. The van der Waals surface area contributed by atoms with Crippen LogP contribution in [0.25, 0.3) is 0 Å². The van der Waals surface area contributed by atoms with E-state index in [1.54, 1.807) is 6.07 Å². The summed E-state index contributed by atoms with van der Waals surface area (Å²) in [6.07, 6.45) is 1.12. The predicted octanol–water partition coefficient (Wildman–Crippen LogP) is 2.57. The Balaban J connectivity index is 1.95. The number of anilines is 1. The number of hydrogen-bond donors (Lipinski definition) is 1. The van der Waals surface area contributed by atoms with Crippen molar-refractivity contribution in [1.82, 2.24) is 4.98 Å². The van der Waals surface area contributed by atoms with Crippen molar-refractivity contribution in [3.05, 3.63) is 23.4 Å². The Morgan fingerprint density at radius 3 is 3.13 bits per heavy atom. The number of rotatable bonds is 3. The lowest BCUT2D eigenvalue weighted by atomic mass is 10.0. The van der Waals surface area contributed by atoms with Gasteiger partial charge in [-0.2, -0.15) is 0 Å². The molecule has 1 fully saturated rings. The molecule has 4 heteroatoms. The van der Waals surface area contributed by atoms with E-state index in [0.717, 1.165) is 25.5 Å². The van der Waals surface area contributed by atoms with E-state index in [1.807, 2.05) is 12.1 Å². The summed E-state index contributed by atoms with van der Waals surface area (Å²) >= 11 is 5.81. The first-order valence-corrected chi connectivity index (χ1v) is 5.60. The number of nitrogens with zero attached hydrogens (tertiary/aromatic N) is 1. The summed E-state index contributed by atoms with van der Waals surface area (Å²) in [5.41, 5.74) is 0. The van der Waals surface area contributed by atoms with Gasteiger partial charge in [0, 0.05) is 18.6 Å². The minimum Gasteiger partial charge on any atom is -0.381 e. The second kappa shape index (κ2) is 4.81. The number of nitrogens with one attached hydrogen (secondary N) is 1. The van der Waals surface area contributed by atoms with Gasteiger partial charge in [-0.1, -0.05) is 17.7 Å². The van der Waals surface area contributed by atoms with Gasteiger partial charge in [0.1, 0.15) is 11.0 Å². The van der Waals surface area contributed by atoms with Crippen LogP contribution in [-0.4, -0.2) is 24.2 Å². The molecule has 2 heterocycles. The average molecular weight is 227 g/mol. The van der Waals surface area contributed by atoms with Crippen molar-refractivity contribution in [3.63, 3.8) is 0 Å². The SMILES string of the molecule is CC(Nc1cccc(Cl)n1)C1CCOC1. The Kier molecular flexibility index (Phi) is 3.44. The highest BCUT2D eigenvalue weighted by molar-refractivity contribution is 6.29. The average Bonchev–Trinajstić information content (AvgIpc) is 2.70. The van der Waals surface area contributed by atoms with Crippen LogP contribution in [0.15, 0.2) is 18.2 Å². The maximum Gasteiger partial charge on any atom is 0.131 e. The van der Waals surface area contributed by atoms with Gasteiger partial charge in [0.15, 0.2) is 0 Å². The Morgan fingerprint density at radius 1 is 1.60 bits per heavy atom. The third-order valence-corrected chi connectivity index (χ3v) is 2.97. The Labute approximate surface area is 94.8 Å². The topological polar surface area (TPSA) is 34.2 Å². The van der Waals surface area contributed by atoms with Crippen LogP contribution in [0, 0.1) is 5.92 Å². The maximum atomic E-state index is 5.81. The number of halogens is 1. The van der Waals surface area contributed by atoms with Crippen molar-refractivity contribution in [3.8, 4) is 0 Å². The van der Waals surface area contributed by atoms with Crippen LogP contribution in [0.4, 0.5) is 5.82 Å². The molecule has 2 rings (SSSR count). The van der Waals surface area contributed by atoms with E-state index in [2.05, 4.69) is 17.2 Å². The molecule has 2 unspecified atom stereocenters. The fourth-order valence-electron chi connectivity index (χ4n) is 1.79. The molecule has 1 saturated heterocycles. The molecule has 1 aromatic heterocycles. The molecule has 1 aliphatic heterocycles. The van der Waals surface area contributed by atoms with E-state index in [0.29, 0.717) is 17.1 Å². The maximum absolute atomic E-state index is 5.81. The molecule has 0 aliphatic carbocycles. The summed E-state index contributed by atoms with van der Waals surface area (Å²) in [4.78, 5) is 4.20. The van der Waals surface area contributed by atoms with E-state index in [1.165, 1.54) is 0 Å². The first-order chi connectivity index (χ1) is 7.25. The molecule has 15 heavy (non-hydrogen) atoms. The summed E-state index contributed by atoms with van der Waals surface area (Å²) in [6.45, 7) is 3.87. The summed E-state index contributed by atoms with van der Waals surface area (Å²) < 4.78 is 5.35. The molecule has 1 aliphatic rings. The Bertz CT molecular complexity index is 326. The lowest BCUT2D eigenvalue weighted by molar-refractivity contribution is 0.183. The van der Waals surface area contributed by atoms with Gasteiger partial charge in [0.05, 0.1) is 6.61 Å². The normalized spacial score (nSPS) is 22.7. The van der Waals surface area contributed by atoms with Crippen molar-refractivity contribution >= 4 is 17.4 Å². The molecule has 3 nitrogen and oxygen atoms in total. The van der Waals surface area contributed by atoms with Gasteiger partial charge in [0.25, 0.3) is 0 Å². The molecule has 82 valence electrons. The van der Waals surface area contributed by atoms with E-state index in [-0.39, 0.29) is 0 Å². The number of aromatic nitrogens is 1. The quantitative estimate of drug-likeness (QED) is 0.805. The molecule has 1 aromatic rings. The van der Waals surface area contributed by atoms with Crippen molar-refractivity contribution in [2.45, 2.75) is 19.4 Å². The third-order valence-electron chi connectivity index (χ3n) is 2.76. The largest absolute Gasteiger partial charge is 0.381 e. The monoisotopic (exact) mass is 226 g/mol. The van der Waals surface area contributed by atoms with Gasteiger partial charge < -0.3 is 10.1 Å². The standard InChI is InChI=1S/C11H15ClN2O/c1-8(9-5-6-15-7-9)13-11-4-2-3-10(12)14-11/h2-4,8-9H,5-7H2,1H3,(H,13,14). The summed E-state index contributed by atoms with van der Waals surface area (Å²) in [5, 5.41) is 3.87. The number of ether oxygens (including phenoxy) is 1. The molecule has 0 saturated carbocycles. The fourth-order valence-corrected chi connectivity index (χ4v) is 1.95. The minimum absolute atomic E-state index is 0.374. The molecule has 0 radical (unpaired) electrons. The molecule has 0 spiro atoms. The fraction of sp³-hybridized carbons (Fsp3) is 0.545. The van der Waals surface area contributed by atoms with E-state index < -0.39 is 0 Å². The van der Waals surface area contributed by atoms with Gasteiger partial charge in [-0.15, -0.1) is 0 Å². The van der Waals surface area contributed by atoms with Gasteiger partial charge >= 0.3 is 0 Å². The first kappa shape index (κ1) is 10.7. The van der Waals surface area contributed by atoms with Gasteiger partial charge in [0.2, 0.25) is 0 Å². The highest BCUT2D eigenvalue weighted by Gasteiger charge is 2.22. The second-order valence-electron chi connectivity index (χ2n) is 3.90. The molecule has 0 bridgehead atoms. The summed E-state index contributed by atoms with van der Waals surface area (Å²) in [6, 6.07) is 5.97. The highest BCUT2D eigenvalue weighted by Crippen LogP contribution is 2.20. The van der Waals surface area contributed by atoms with E-state index in [9.17, 15) is 0 Å². The predicted molar refractivity (Wildman–Crippen MR) is 61.3 cm³/mol. The zero-order valence-electron chi connectivity index (χ0n) is 8.74. The number of pyridine rings is 1. The van der Waals surface area contributed by atoms with Crippen LogP contribution < -0.4 is 5.32 Å². The first-order valence-electron chi connectivity index (χ1n) is 5.22. The molecular formula is C11H15ClN2O. The van der Waals surface area contributed by atoms with Crippen molar-refractivity contribution < 1.29 is 4.74 Å². The minimum atomic E-state index is 0.374. The van der Waals surface area contributed by atoms with Crippen LogP contribution >= 0.6 is 11.6 Å². The smallest absolute Gasteiger partial charge is 0.131 e. The van der Waals surface area contributed by atoms with Gasteiger partial charge in [-0.3, -0.25) is 0 Å². The lowest BCUT2D eigenvalue weighted by Crippen LogP contribution is -2.26. The zero-order valence-corrected chi connectivity index (χ0v) is 9.50. The highest BCUT2D eigenvalue weighted by atomic mass is 35.5. The molecule has 1 N–H and O–H groups in total. The van der Waals surface area contributed by atoms with Crippen LogP contribution in [0.1, 0.15) is 13.3 Å². The Morgan fingerprint density at radius 2 is 2.47 bits per heavy atom. The number of hydrogen-bond acceptors (Lipinski definition) is 3. The molecule has 2 atom stereocenters. The van der Waals surface area contributed by atoms with Crippen LogP contribution in [0.5, 0.6) is 0 Å². The third kappa shape index (κ3) is 2.83. The van der Waals surface area contributed by atoms with Crippen LogP contribution in [0.3, 0.4) is 0 Å². The van der Waals surface area contributed by atoms with Crippen molar-refractivity contribution in [1.29, 1.82) is 0 Å². The molecule has 0 aromatic carbocycles. The van der Waals surface area contributed by atoms with Crippen molar-refractivity contribution in [2.24, 2.45) is 5.92 Å². The van der Waals surface area contributed by atoms with E-state index >= 15 is 0 Å². The molecular weight excluding hydrogens is 212 g/mol. The molecule has 0 amide bonds.